The number of ether oxygens (including phenoxy) is 1. The lowest BCUT2D eigenvalue weighted by Gasteiger charge is -2.49. The second-order valence-corrected chi connectivity index (χ2v) is 7.65. The zero-order valence-electron chi connectivity index (χ0n) is 15.0. The van der Waals surface area contributed by atoms with E-state index in [0.29, 0.717) is 17.8 Å². The molecule has 1 aromatic rings. The summed E-state index contributed by atoms with van der Waals surface area (Å²) in [4.78, 5) is 14.3. The molecular weight excluding hydrogens is 302 g/mol. The number of likely N-dealkylation sites (tertiary alicyclic amines) is 1. The average molecular weight is 331 g/mol. The first-order valence-electron chi connectivity index (χ1n) is 9.06. The van der Waals surface area contributed by atoms with E-state index in [0.717, 1.165) is 18.8 Å². The molecule has 4 nitrogen and oxygen atoms in total. The van der Waals surface area contributed by atoms with Crippen molar-refractivity contribution in [2.24, 2.45) is 11.3 Å². The summed E-state index contributed by atoms with van der Waals surface area (Å²) in [6, 6.07) is 6.51. The topological polar surface area (TPSA) is 49.8 Å². The van der Waals surface area contributed by atoms with Gasteiger partial charge in [-0.15, -0.1) is 0 Å². The van der Waals surface area contributed by atoms with Crippen LogP contribution in [0.2, 0.25) is 0 Å². The van der Waals surface area contributed by atoms with Crippen LogP contribution in [0.15, 0.2) is 18.2 Å². The van der Waals surface area contributed by atoms with Crippen molar-refractivity contribution in [1.82, 2.24) is 4.90 Å². The van der Waals surface area contributed by atoms with Crippen molar-refractivity contribution in [1.29, 1.82) is 0 Å². The van der Waals surface area contributed by atoms with Gasteiger partial charge in [0.25, 0.3) is 0 Å². The van der Waals surface area contributed by atoms with Crippen molar-refractivity contribution in [3.8, 4) is 5.75 Å². The highest BCUT2D eigenvalue weighted by Crippen LogP contribution is 2.52. The van der Waals surface area contributed by atoms with Crippen molar-refractivity contribution < 1.29 is 14.6 Å². The van der Waals surface area contributed by atoms with Crippen LogP contribution in [0.5, 0.6) is 5.75 Å². The Morgan fingerprint density at radius 1 is 1.46 bits per heavy atom. The Hall–Kier alpha value is -1.55. The van der Waals surface area contributed by atoms with Crippen LogP contribution in [0.3, 0.4) is 0 Å². The molecule has 2 aliphatic rings. The summed E-state index contributed by atoms with van der Waals surface area (Å²) in [6.45, 7) is 5.76. The highest BCUT2D eigenvalue weighted by molar-refractivity contribution is 5.80. The quantitative estimate of drug-likeness (QED) is 0.902. The van der Waals surface area contributed by atoms with Crippen LogP contribution < -0.4 is 4.74 Å². The molecular formula is C20H29NO3. The molecule has 1 heterocycles. The predicted octanol–water partition coefficient (Wildman–Crippen LogP) is 3.12. The Balaban J connectivity index is 1.61. The Labute approximate surface area is 144 Å². The Kier molecular flexibility index (Phi) is 4.86. The van der Waals surface area contributed by atoms with E-state index in [4.69, 9.17) is 4.74 Å². The fourth-order valence-electron chi connectivity index (χ4n) is 4.49. The smallest absolute Gasteiger partial charge is 0.228 e. The highest BCUT2D eigenvalue weighted by atomic mass is 16.5. The molecule has 4 heteroatoms. The molecule has 0 radical (unpaired) electrons. The van der Waals surface area contributed by atoms with E-state index in [2.05, 4.69) is 25.1 Å². The van der Waals surface area contributed by atoms with Crippen LogP contribution in [0.4, 0.5) is 0 Å². The first-order chi connectivity index (χ1) is 11.5. The van der Waals surface area contributed by atoms with Crippen LogP contribution >= 0.6 is 0 Å². The molecule has 2 atom stereocenters. The van der Waals surface area contributed by atoms with Crippen LogP contribution in [0.1, 0.15) is 49.7 Å². The summed E-state index contributed by atoms with van der Waals surface area (Å²) in [5, 5.41) is 9.32. The van der Waals surface area contributed by atoms with Gasteiger partial charge in [-0.1, -0.05) is 19.1 Å². The molecule has 3 rings (SSSR count). The molecule has 132 valence electrons. The molecule has 1 amide bonds. The molecule has 1 saturated carbocycles. The maximum Gasteiger partial charge on any atom is 0.228 e. The average Bonchev–Trinajstić information content (AvgIpc) is 3.00. The van der Waals surface area contributed by atoms with Gasteiger partial charge in [0.15, 0.2) is 0 Å². The van der Waals surface area contributed by atoms with Crippen molar-refractivity contribution in [3.05, 3.63) is 29.3 Å². The van der Waals surface area contributed by atoms with Gasteiger partial charge in [-0.2, -0.15) is 0 Å². The van der Waals surface area contributed by atoms with E-state index in [1.165, 1.54) is 30.4 Å². The number of carbonyl (C=O) groups excluding carboxylic acids is 1. The zero-order chi connectivity index (χ0) is 17.3. The van der Waals surface area contributed by atoms with E-state index in [-0.39, 0.29) is 18.4 Å². The fourth-order valence-corrected chi connectivity index (χ4v) is 4.49. The third-order valence-corrected chi connectivity index (χ3v) is 6.02. The Morgan fingerprint density at radius 3 is 2.79 bits per heavy atom. The van der Waals surface area contributed by atoms with Gasteiger partial charge in [0.2, 0.25) is 5.91 Å². The largest absolute Gasteiger partial charge is 0.496 e. The zero-order valence-corrected chi connectivity index (χ0v) is 15.0. The van der Waals surface area contributed by atoms with Crippen molar-refractivity contribution in [2.45, 2.75) is 45.4 Å². The number of hydrogen-bond donors (Lipinski definition) is 1. The number of hydrogen-bond acceptors (Lipinski definition) is 3. The second kappa shape index (κ2) is 6.75. The van der Waals surface area contributed by atoms with Gasteiger partial charge in [-0.05, 0) is 55.7 Å². The summed E-state index contributed by atoms with van der Waals surface area (Å²) in [5.41, 5.74) is 2.90. The molecule has 1 unspecified atom stereocenters. The number of aliphatic hydroxyl groups excluding tert-OH is 1. The number of benzene rings is 1. The number of nitrogens with zero attached hydrogens (tertiary/aromatic N) is 1. The SMILES string of the molecule is CC[C@H](CO)C(=O)N1CC2(CCC(c3ccc(OC)c(C)c3)C2)C1. The van der Waals surface area contributed by atoms with Gasteiger partial charge in [-0.25, -0.2) is 0 Å². The number of methoxy groups -OCH3 is 1. The third kappa shape index (κ3) is 3.04. The number of rotatable bonds is 5. The highest BCUT2D eigenvalue weighted by Gasteiger charge is 2.50. The summed E-state index contributed by atoms with van der Waals surface area (Å²) in [6.07, 6.45) is 4.28. The Bertz CT molecular complexity index is 603. The maximum atomic E-state index is 12.3. The van der Waals surface area contributed by atoms with Crippen LogP contribution in [0, 0.1) is 18.3 Å². The maximum absolute atomic E-state index is 12.3. The van der Waals surface area contributed by atoms with Gasteiger partial charge < -0.3 is 14.7 Å². The first kappa shape index (κ1) is 17.3. The lowest BCUT2D eigenvalue weighted by Crippen LogP contribution is -2.58. The van der Waals surface area contributed by atoms with Gasteiger partial charge in [0, 0.05) is 18.5 Å². The molecule has 1 spiro atoms. The lowest BCUT2D eigenvalue weighted by atomic mass is 9.76. The molecule has 1 aliphatic carbocycles. The predicted molar refractivity (Wildman–Crippen MR) is 94.2 cm³/mol. The summed E-state index contributed by atoms with van der Waals surface area (Å²) in [5.74, 6) is 1.45. The van der Waals surface area contributed by atoms with E-state index in [9.17, 15) is 9.90 Å². The summed E-state index contributed by atoms with van der Waals surface area (Å²) in [7, 11) is 1.71. The van der Waals surface area contributed by atoms with E-state index in [1.54, 1.807) is 7.11 Å². The minimum Gasteiger partial charge on any atom is -0.496 e. The van der Waals surface area contributed by atoms with Gasteiger partial charge >= 0.3 is 0 Å². The minimum absolute atomic E-state index is 0.0351. The Morgan fingerprint density at radius 2 is 2.21 bits per heavy atom. The molecule has 0 aromatic heterocycles. The molecule has 24 heavy (non-hydrogen) atoms. The first-order valence-corrected chi connectivity index (χ1v) is 9.06. The normalized spacial score (nSPS) is 23.2. The lowest BCUT2D eigenvalue weighted by molar-refractivity contribution is -0.149. The van der Waals surface area contributed by atoms with Crippen molar-refractivity contribution in [2.75, 3.05) is 26.8 Å². The summed E-state index contributed by atoms with van der Waals surface area (Å²) < 4.78 is 5.36. The van der Waals surface area contributed by atoms with E-state index < -0.39 is 0 Å². The fraction of sp³-hybridized carbons (Fsp3) is 0.650. The molecule has 1 N–H and O–H groups in total. The standard InChI is InChI=1S/C20H29NO3/c1-4-15(11-22)19(23)21-12-20(13-21)8-7-17(10-20)16-5-6-18(24-3)14(2)9-16/h5-6,9,15,17,22H,4,7-8,10-13H2,1-3H3/t15-,17?/m1/s1. The molecule has 0 bridgehead atoms. The third-order valence-electron chi connectivity index (χ3n) is 6.02. The molecule has 2 fully saturated rings. The number of amides is 1. The van der Waals surface area contributed by atoms with Crippen LogP contribution in [-0.4, -0.2) is 42.7 Å². The molecule has 1 aliphatic heterocycles. The molecule has 1 saturated heterocycles. The minimum atomic E-state index is -0.219. The van der Waals surface area contributed by atoms with Crippen molar-refractivity contribution >= 4 is 5.91 Å². The number of aryl methyl sites for hydroxylation is 1. The van der Waals surface area contributed by atoms with Crippen LogP contribution in [0.25, 0.3) is 0 Å². The van der Waals surface area contributed by atoms with E-state index >= 15 is 0 Å². The summed E-state index contributed by atoms with van der Waals surface area (Å²) >= 11 is 0. The van der Waals surface area contributed by atoms with Crippen LogP contribution in [-0.2, 0) is 4.79 Å². The second-order valence-electron chi connectivity index (χ2n) is 7.65. The van der Waals surface area contributed by atoms with Gasteiger partial charge in [0.1, 0.15) is 5.75 Å². The molecule has 1 aromatic carbocycles. The monoisotopic (exact) mass is 331 g/mol. The van der Waals surface area contributed by atoms with Gasteiger partial charge in [-0.3, -0.25) is 4.79 Å². The van der Waals surface area contributed by atoms with E-state index in [1.807, 2.05) is 11.8 Å². The number of aliphatic hydroxyl groups is 1. The number of carbonyl (C=O) groups is 1. The van der Waals surface area contributed by atoms with Crippen molar-refractivity contribution in [3.63, 3.8) is 0 Å². The van der Waals surface area contributed by atoms with Gasteiger partial charge in [0.05, 0.1) is 19.6 Å².